The van der Waals surface area contributed by atoms with Gasteiger partial charge in [-0.1, -0.05) is 45.0 Å². The molecule has 4 rings (SSSR count). The van der Waals surface area contributed by atoms with Crippen molar-refractivity contribution in [2.24, 2.45) is 0 Å². The minimum Gasteiger partial charge on any atom is -0.419 e. The van der Waals surface area contributed by atoms with Crippen molar-refractivity contribution in [3.8, 4) is 11.5 Å². The Morgan fingerprint density at radius 2 is 1.59 bits per heavy atom. The zero-order valence-corrected chi connectivity index (χ0v) is 19.9. The number of carbonyl (C=O) groups excluding carboxylic acids is 3. The Balaban J connectivity index is 1.29. The monoisotopic (exact) mass is 460 g/mol. The van der Waals surface area contributed by atoms with Gasteiger partial charge in [-0.05, 0) is 41.7 Å². The van der Waals surface area contributed by atoms with Crippen LogP contribution in [0.15, 0.2) is 52.9 Å². The molecule has 0 saturated carbocycles. The SMILES string of the molecule is CN(Cc1nnc(-c2ccc(C(C)(C)C)cc2)o1)C(=O)CCCN1C(=O)c2ccccc2C1=O. The van der Waals surface area contributed by atoms with Crippen molar-refractivity contribution in [2.45, 2.75) is 45.6 Å². The second kappa shape index (κ2) is 9.21. The lowest BCUT2D eigenvalue weighted by Crippen LogP contribution is -2.32. The zero-order valence-electron chi connectivity index (χ0n) is 19.9. The van der Waals surface area contributed by atoms with Crippen LogP contribution in [0.25, 0.3) is 11.5 Å². The average molecular weight is 461 g/mol. The third-order valence-corrected chi connectivity index (χ3v) is 5.91. The predicted molar refractivity (Wildman–Crippen MR) is 126 cm³/mol. The Morgan fingerprint density at radius 1 is 0.971 bits per heavy atom. The summed E-state index contributed by atoms with van der Waals surface area (Å²) >= 11 is 0. The standard InChI is InChI=1S/C26H28N4O4/c1-26(2,3)18-13-11-17(12-14-18)23-28-27-21(34-23)16-29(4)22(31)10-7-15-30-24(32)19-8-5-6-9-20(19)25(30)33/h5-6,8-9,11-14H,7,10,15-16H2,1-4H3. The van der Waals surface area contributed by atoms with E-state index < -0.39 is 0 Å². The molecule has 2 aromatic carbocycles. The molecular formula is C26H28N4O4. The van der Waals surface area contributed by atoms with Crippen LogP contribution >= 0.6 is 0 Å². The van der Waals surface area contributed by atoms with Crippen LogP contribution in [0.5, 0.6) is 0 Å². The third-order valence-electron chi connectivity index (χ3n) is 5.91. The van der Waals surface area contributed by atoms with Gasteiger partial charge < -0.3 is 9.32 Å². The highest BCUT2D eigenvalue weighted by atomic mass is 16.4. The van der Waals surface area contributed by atoms with Gasteiger partial charge in [0.15, 0.2) is 0 Å². The summed E-state index contributed by atoms with van der Waals surface area (Å²) in [5.74, 6) is -0.00966. The number of fused-ring (bicyclic) bond motifs is 1. The highest BCUT2D eigenvalue weighted by Gasteiger charge is 2.34. The molecule has 1 aliphatic rings. The molecule has 8 nitrogen and oxygen atoms in total. The van der Waals surface area contributed by atoms with E-state index in [4.69, 9.17) is 4.42 Å². The van der Waals surface area contributed by atoms with Crippen molar-refractivity contribution in [2.75, 3.05) is 13.6 Å². The summed E-state index contributed by atoms with van der Waals surface area (Å²) in [6, 6.07) is 14.7. The lowest BCUT2D eigenvalue weighted by atomic mass is 9.87. The fraction of sp³-hybridized carbons (Fsp3) is 0.346. The van der Waals surface area contributed by atoms with E-state index >= 15 is 0 Å². The second-order valence-corrected chi connectivity index (χ2v) is 9.49. The van der Waals surface area contributed by atoms with Gasteiger partial charge in [-0.2, -0.15) is 0 Å². The zero-order chi connectivity index (χ0) is 24.5. The molecule has 8 heteroatoms. The normalized spacial score (nSPS) is 13.4. The van der Waals surface area contributed by atoms with E-state index in [2.05, 4.69) is 31.0 Å². The molecular weight excluding hydrogens is 432 g/mol. The number of aromatic nitrogens is 2. The number of imide groups is 1. The van der Waals surface area contributed by atoms with E-state index in [0.29, 0.717) is 29.3 Å². The molecule has 0 fully saturated rings. The smallest absolute Gasteiger partial charge is 0.261 e. The Hall–Kier alpha value is -3.81. The molecule has 0 aliphatic carbocycles. The molecule has 0 radical (unpaired) electrons. The number of amides is 3. The highest BCUT2D eigenvalue weighted by Crippen LogP contribution is 2.26. The van der Waals surface area contributed by atoms with Crippen molar-refractivity contribution in [3.05, 3.63) is 71.1 Å². The van der Waals surface area contributed by atoms with Gasteiger partial charge >= 0.3 is 0 Å². The Labute approximate surface area is 198 Å². The lowest BCUT2D eigenvalue weighted by molar-refractivity contribution is -0.130. The highest BCUT2D eigenvalue weighted by molar-refractivity contribution is 6.21. The number of rotatable bonds is 7. The summed E-state index contributed by atoms with van der Waals surface area (Å²) in [5, 5.41) is 8.17. The fourth-order valence-corrected chi connectivity index (χ4v) is 3.86. The quantitative estimate of drug-likeness (QED) is 0.493. The van der Waals surface area contributed by atoms with Crippen LogP contribution in [0.3, 0.4) is 0 Å². The summed E-state index contributed by atoms with van der Waals surface area (Å²) in [6.07, 6.45) is 0.572. The van der Waals surface area contributed by atoms with E-state index in [-0.39, 0.29) is 42.6 Å². The molecule has 1 aromatic heterocycles. The molecule has 3 aromatic rings. The van der Waals surface area contributed by atoms with Crippen molar-refractivity contribution in [1.29, 1.82) is 0 Å². The molecule has 3 amide bonds. The van der Waals surface area contributed by atoms with Gasteiger partial charge in [-0.15, -0.1) is 10.2 Å². The molecule has 0 unspecified atom stereocenters. The van der Waals surface area contributed by atoms with Gasteiger partial charge in [0.2, 0.25) is 17.7 Å². The first kappa shape index (κ1) is 23.4. The molecule has 0 spiro atoms. The van der Waals surface area contributed by atoms with Gasteiger partial charge in [0.1, 0.15) is 0 Å². The number of benzene rings is 2. The van der Waals surface area contributed by atoms with E-state index in [1.807, 2.05) is 24.3 Å². The van der Waals surface area contributed by atoms with Crippen LogP contribution in [0.4, 0.5) is 0 Å². The average Bonchev–Trinajstić information content (AvgIpc) is 3.37. The molecule has 176 valence electrons. The fourth-order valence-electron chi connectivity index (χ4n) is 3.86. The predicted octanol–water partition coefficient (Wildman–Crippen LogP) is 4.07. The number of hydrogen-bond donors (Lipinski definition) is 0. The molecule has 0 bridgehead atoms. The third kappa shape index (κ3) is 4.76. The Kier molecular flexibility index (Phi) is 6.32. The summed E-state index contributed by atoms with van der Waals surface area (Å²) in [5.41, 5.74) is 2.91. The molecule has 34 heavy (non-hydrogen) atoms. The first-order valence-corrected chi connectivity index (χ1v) is 11.3. The molecule has 2 heterocycles. The van der Waals surface area contributed by atoms with E-state index in [1.54, 1.807) is 31.3 Å². The maximum atomic E-state index is 12.6. The first-order chi connectivity index (χ1) is 16.1. The van der Waals surface area contributed by atoms with Crippen LogP contribution in [0.1, 0.15) is 65.8 Å². The summed E-state index contributed by atoms with van der Waals surface area (Å²) in [7, 11) is 1.66. The minimum absolute atomic E-state index is 0.0565. The van der Waals surface area contributed by atoms with Crippen LogP contribution in [0.2, 0.25) is 0 Å². The summed E-state index contributed by atoms with van der Waals surface area (Å²) < 4.78 is 5.75. The Bertz CT molecular complexity index is 1190. The van der Waals surface area contributed by atoms with E-state index in [9.17, 15) is 14.4 Å². The maximum absolute atomic E-state index is 12.6. The topological polar surface area (TPSA) is 96.6 Å². The molecule has 1 aliphatic heterocycles. The largest absolute Gasteiger partial charge is 0.419 e. The summed E-state index contributed by atoms with van der Waals surface area (Å²) in [6.45, 7) is 6.83. The van der Waals surface area contributed by atoms with Gasteiger partial charge in [0.05, 0.1) is 17.7 Å². The number of hydrogen-bond acceptors (Lipinski definition) is 6. The van der Waals surface area contributed by atoms with E-state index in [0.717, 1.165) is 5.56 Å². The molecule has 0 saturated heterocycles. The second-order valence-electron chi connectivity index (χ2n) is 9.49. The van der Waals surface area contributed by atoms with Crippen LogP contribution in [-0.4, -0.2) is 51.3 Å². The number of carbonyl (C=O) groups is 3. The van der Waals surface area contributed by atoms with Gasteiger partial charge in [-0.25, -0.2) is 0 Å². The van der Waals surface area contributed by atoms with Gasteiger partial charge in [0, 0.05) is 25.6 Å². The minimum atomic E-state index is -0.310. The van der Waals surface area contributed by atoms with Crippen molar-refractivity contribution in [1.82, 2.24) is 20.0 Å². The van der Waals surface area contributed by atoms with E-state index in [1.165, 1.54) is 15.4 Å². The summed E-state index contributed by atoms with van der Waals surface area (Å²) in [4.78, 5) is 40.1. The Morgan fingerprint density at radius 3 is 2.18 bits per heavy atom. The lowest BCUT2D eigenvalue weighted by Gasteiger charge is -2.18. The van der Waals surface area contributed by atoms with Gasteiger partial charge in [0.25, 0.3) is 11.8 Å². The van der Waals surface area contributed by atoms with Crippen LogP contribution in [-0.2, 0) is 16.8 Å². The maximum Gasteiger partial charge on any atom is 0.261 e. The van der Waals surface area contributed by atoms with Crippen molar-refractivity contribution >= 4 is 17.7 Å². The van der Waals surface area contributed by atoms with Crippen LogP contribution < -0.4 is 0 Å². The van der Waals surface area contributed by atoms with Crippen molar-refractivity contribution < 1.29 is 18.8 Å². The molecule has 0 atom stereocenters. The van der Waals surface area contributed by atoms with Crippen molar-refractivity contribution in [3.63, 3.8) is 0 Å². The van der Waals surface area contributed by atoms with Gasteiger partial charge in [-0.3, -0.25) is 19.3 Å². The number of nitrogens with zero attached hydrogens (tertiary/aromatic N) is 4. The molecule has 0 N–H and O–H groups in total. The first-order valence-electron chi connectivity index (χ1n) is 11.3. The van der Waals surface area contributed by atoms with Crippen LogP contribution in [0, 0.1) is 0 Å².